The molecule has 2 fully saturated rings. The highest BCUT2D eigenvalue weighted by atomic mass is 19.1. The van der Waals surface area contributed by atoms with Crippen LogP contribution in [0.2, 0.25) is 0 Å². The Kier molecular flexibility index (Phi) is 3.86. The molecule has 1 aliphatic carbocycles. The Bertz CT molecular complexity index is 679. The molecule has 7 heteroatoms. The number of amides is 2. The molecule has 1 saturated heterocycles. The van der Waals surface area contributed by atoms with Gasteiger partial charge in [-0.25, -0.2) is 8.78 Å². The largest absolute Gasteiger partial charge is 0.386 e. The number of rotatable bonds is 2. The van der Waals surface area contributed by atoms with Gasteiger partial charge >= 0.3 is 0 Å². The van der Waals surface area contributed by atoms with Crippen LogP contribution in [0.15, 0.2) is 18.2 Å². The summed E-state index contributed by atoms with van der Waals surface area (Å²) in [6, 6.07) is 1.24. The highest BCUT2D eigenvalue weighted by Gasteiger charge is 2.67. The molecule has 1 aliphatic heterocycles. The van der Waals surface area contributed by atoms with E-state index < -0.39 is 40.5 Å². The average molecular weight is 338 g/mol. The van der Waals surface area contributed by atoms with Crippen molar-refractivity contribution in [3.05, 3.63) is 29.8 Å². The minimum atomic E-state index is -1.71. The highest BCUT2D eigenvalue weighted by molar-refractivity contribution is 6.08. The Labute approximate surface area is 138 Å². The monoisotopic (exact) mass is 338 g/mol. The number of nitrogens with two attached hydrogens (primary N) is 1. The van der Waals surface area contributed by atoms with Gasteiger partial charge in [-0.2, -0.15) is 0 Å². The molecule has 5 nitrogen and oxygen atoms in total. The first-order valence-electron chi connectivity index (χ1n) is 8.02. The highest BCUT2D eigenvalue weighted by Crippen LogP contribution is 2.54. The number of nitrogens with zero attached hydrogens (tertiary/aromatic N) is 1. The van der Waals surface area contributed by atoms with Crippen LogP contribution >= 0.6 is 0 Å². The fourth-order valence-electron chi connectivity index (χ4n) is 4.30. The molecular weight excluding hydrogens is 318 g/mol. The molecule has 1 aromatic carbocycles. The smallest absolute Gasteiger partial charge is 0.243 e. The van der Waals surface area contributed by atoms with E-state index in [1.807, 2.05) is 0 Å². The van der Waals surface area contributed by atoms with Crippen LogP contribution in [0.25, 0.3) is 0 Å². The Balaban J connectivity index is 2.17. The van der Waals surface area contributed by atoms with Gasteiger partial charge in [0.15, 0.2) is 0 Å². The number of aliphatic hydroxyl groups is 1. The van der Waals surface area contributed by atoms with E-state index in [0.29, 0.717) is 18.9 Å². The van der Waals surface area contributed by atoms with E-state index in [1.54, 1.807) is 0 Å². The van der Waals surface area contributed by atoms with Gasteiger partial charge in [-0.1, -0.05) is 19.3 Å². The van der Waals surface area contributed by atoms with Gasteiger partial charge in [-0.05, 0) is 31.9 Å². The third-order valence-electron chi connectivity index (χ3n) is 5.49. The van der Waals surface area contributed by atoms with Crippen LogP contribution in [0.5, 0.6) is 0 Å². The predicted molar refractivity (Wildman–Crippen MR) is 83.0 cm³/mol. The summed E-state index contributed by atoms with van der Waals surface area (Å²) < 4.78 is 27.2. The summed E-state index contributed by atoms with van der Waals surface area (Å²) >= 11 is 0. The quantitative estimate of drug-likeness (QED) is 0.863. The maximum absolute atomic E-state index is 13.6. The molecule has 1 aromatic rings. The normalized spacial score (nSPS) is 29.2. The van der Waals surface area contributed by atoms with Crippen LogP contribution < -0.4 is 10.6 Å². The number of anilines is 1. The zero-order valence-electron chi connectivity index (χ0n) is 13.4. The number of hydrogen-bond donors (Lipinski definition) is 2. The molecule has 130 valence electrons. The molecule has 3 rings (SSSR count). The van der Waals surface area contributed by atoms with Crippen LogP contribution in [0.1, 0.15) is 39.0 Å². The van der Waals surface area contributed by atoms with Crippen molar-refractivity contribution in [1.29, 1.82) is 0 Å². The topological polar surface area (TPSA) is 83.6 Å². The van der Waals surface area contributed by atoms with E-state index in [-0.39, 0.29) is 5.69 Å². The number of carbonyl (C=O) groups excluding carboxylic acids is 2. The first-order valence-corrected chi connectivity index (χ1v) is 8.02. The number of primary amides is 1. The van der Waals surface area contributed by atoms with Gasteiger partial charge in [0.2, 0.25) is 11.8 Å². The molecule has 2 aliphatic rings. The maximum atomic E-state index is 13.6. The standard InChI is InChI=1S/C17H20F2N2O3/c1-16(24)13(14(20)22)21(12-8-10(18)7-11(19)9-12)15(23)17(16)5-3-2-4-6-17/h7-9,13,24H,2-6H2,1H3,(H2,20,22). The Morgan fingerprint density at radius 3 is 2.25 bits per heavy atom. The van der Waals surface area contributed by atoms with E-state index in [1.165, 1.54) is 6.92 Å². The van der Waals surface area contributed by atoms with Crippen molar-refractivity contribution < 1.29 is 23.5 Å². The van der Waals surface area contributed by atoms with Gasteiger partial charge in [0, 0.05) is 6.07 Å². The maximum Gasteiger partial charge on any atom is 0.243 e. The summed E-state index contributed by atoms with van der Waals surface area (Å²) in [6.45, 7) is 1.42. The second kappa shape index (κ2) is 5.51. The number of carbonyl (C=O) groups is 2. The minimum absolute atomic E-state index is 0.107. The van der Waals surface area contributed by atoms with Crippen molar-refractivity contribution in [3.63, 3.8) is 0 Å². The van der Waals surface area contributed by atoms with E-state index in [9.17, 15) is 23.5 Å². The van der Waals surface area contributed by atoms with Gasteiger partial charge in [-0.3, -0.25) is 14.5 Å². The lowest BCUT2D eigenvalue weighted by Crippen LogP contribution is -2.56. The minimum Gasteiger partial charge on any atom is -0.386 e. The molecule has 1 saturated carbocycles. The van der Waals surface area contributed by atoms with Crippen LogP contribution in [-0.2, 0) is 9.59 Å². The first-order chi connectivity index (χ1) is 11.2. The lowest BCUT2D eigenvalue weighted by Gasteiger charge is -2.41. The Morgan fingerprint density at radius 1 is 1.21 bits per heavy atom. The molecule has 2 amide bonds. The molecule has 0 bridgehead atoms. The van der Waals surface area contributed by atoms with Gasteiger partial charge in [-0.15, -0.1) is 0 Å². The van der Waals surface area contributed by atoms with Gasteiger partial charge < -0.3 is 10.8 Å². The summed E-state index contributed by atoms with van der Waals surface area (Å²) in [6.07, 6.45) is 3.23. The first kappa shape index (κ1) is 16.8. The third kappa shape index (κ3) is 2.22. The fourth-order valence-corrected chi connectivity index (χ4v) is 4.30. The average Bonchev–Trinajstić information content (AvgIpc) is 2.65. The molecule has 0 radical (unpaired) electrons. The predicted octanol–water partition coefficient (Wildman–Crippen LogP) is 1.87. The second-order valence-corrected chi connectivity index (χ2v) is 6.90. The number of halogens is 2. The van der Waals surface area contributed by atoms with E-state index in [0.717, 1.165) is 36.3 Å². The Hall–Kier alpha value is -2.02. The Morgan fingerprint density at radius 2 is 1.75 bits per heavy atom. The van der Waals surface area contributed by atoms with Gasteiger partial charge in [0.25, 0.3) is 0 Å². The summed E-state index contributed by atoms with van der Waals surface area (Å²) in [4.78, 5) is 26.1. The lowest BCUT2D eigenvalue weighted by atomic mass is 9.63. The molecule has 2 atom stereocenters. The lowest BCUT2D eigenvalue weighted by molar-refractivity contribution is -0.142. The molecule has 1 heterocycles. The number of benzene rings is 1. The van der Waals surface area contributed by atoms with E-state index in [2.05, 4.69) is 0 Å². The number of hydrogen-bond acceptors (Lipinski definition) is 3. The van der Waals surface area contributed by atoms with Crippen LogP contribution in [0.4, 0.5) is 14.5 Å². The summed E-state index contributed by atoms with van der Waals surface area (Å²) in [5.41, 5.74) is 2.47. The van der Waals surface area contributed by atoms with Crippen molar-refractivity contribution in [2.45, 2.75) is 50.7 Å². The van der Waals surface area contributed by atoms with E-state index >= 15 is 0 Å². The van der Waals surface area contributed by atoms with Crippen molar-refractivity contribution in [3.8, 4) is 0 Å². The van der Waals surface area contributed by atoms with Gasteiger partial charge in [0.05, 0.1) is 11.1 Å². The molecule has 24 heavy (non-hydrogen) atoms. The molecular formula is C17H20F2N2O3. The van der Waals surface area contributed by atoms with Gasteiger partial charge in [0.1, 0.15) is 23.3 Å². The van der Waals surface area contributed by atoms with Crippen molar-refractivity contribution in [1.82, 2.24) is 0 Å². The van der Waals surface area contributed by atoms with Crippen molar-refractivity contribution >= 4 is 17.5 Å². The fraction of sp³-hybridized carbons (Fsp3) is 0.529. The molecule has 2 unspecified atom stereocenters. The van der Waals surface area contributed by atoms with Crippen molar-refractivity contribution in [2.24, 2.45) is 11.1 Å². The summed E-state index contributed by atoms with van der Waals surface area (Å²) in [5.74, 6) is -3.14. The van der Waals surface area contributed by atoms with E-state index in [4.69, 9.17) is 5.73 Å². The summed E-state index contributed by atoms with van der Waals surface area (Å²) in [7, 11) is 0. The zero-order chi connectivity index (χ0) is 17.7. The molecule has 0 aromatic heterocycles. The second-order valence-electron chi connectivity index (χ2n) is 6.90. The zero-order valence-corrected chi connectivity index (χ0v) is 13.4. The van der Waals surface area contributed by atoms with Crippen LogP contribution in [-0.4, -0.2) is 28.6 Å². The molecule has 1 spiro atoms. The van der Waals surface area contributed by atoms with Crippen LogP contribution in [0, 0.1) is 17.0 Å². The molecule has 3 N–H and O–H groups in total. The van der Waals surface area contributed by atoms with Crippen molar-refractivity contribution in [2.75, 3.05) is 4.90 Å². The SMILES string of the molecule is CC1(O)C(C(N)=O)N(c2cc(F)cc(F)c2)C(=O)C12CCCCC2. The third-order valence-corrected chi connectivity index (χ3v) is 5.49. The summed E-state index contributed by atoms with van der Waals surface area (Å²) in [5, 5.41) is 11.1. The van der Waals surface area contributed by atoms with Crippen LogP contribution in [0.3, 0.4) is 0 Å².